The van der Waals surface area contributed by atoms with Crippen molar-refractivity contribution in [2.75, 3.05) is 0 Å². The zero-order chi connectivity index (χ0) is 20.5. The van der Waals surface area contributed by atoms with Crippen molar-refractivity contribution < 1.29 is 14.3 Å². The van der Waals surface area contributed by atoms with Gasteiger partial charge in [-0.1, -0.05) is 49.7 Å². The van der Waals surface area contributed by atoms with Crippen LogP contribution in [0.5, 0.6) is 0 Å². The third-order valence-corrected chi connectivity index (χ3v) is 5.43. The van der Waals surface area contributed by atoms with Crippen LogP contribution in [0.1, 0.15) is 47.7 Å². The standard InChI is InChI=1S/C25H23NO3/c1-4-16(3)17-6-8-18(9-7-17)23-11-12-24(29-23)22-14-20(25(27)28)19-13-15(2)5-10-21(19)26-22/h5-14,16H,4H2,1-3H3,(H,27,28)/t16-/m1/s1. The van der Waals surface area contributed by atoms with E-state index in [1.54, 1.807) is 6.07 Å². The van der Waals surface area contributed by atoms with Gasteiger partial charge in [-0.25, -0.2) is 9.78 Å². The number of hydrogen-bond acceptors (Lipinski definition) is 3. The van der Waals surface area contributed by atoms with Gasteiger partial charge in [0.25, 0.3) is 0 Å². The monoisotopic (exact) mass is 385 g/mol. The Hall–Kier alpha value is -3.40. The second-order valence-electron chi connectivity index (χ2n) is 7.48. The molecule has 0 saturated heterocycles. The molecule has 0 spiro atoms. The summed E-state index contributed by atoms with van der Waals surface area (Å²) in [4.78, 5) is 16.4. The van der Waals surface area contributed by atoms with Gasteiger partial charge in [-0.3, -0.25) is 0 Å². The molecule has 4 rings (SSSR count). The van der Waals surface area contributed by atoms with Crippen LogP contribution >= 0.6 is 0 Å². The molecule has 29 heavy (non-hydrogen) atoms. The number of carbonyl (C=O) groups is 1. The maximum Gasteiger partial charge on any atom is 0.336 e. The highest BCUT2D eigenvalue weighted by Crippen LogP contribution is 2.31. The molecule has 4 nitrogen and oxygen atoms in total. The summed E-state index contributed by atoms with van der Waals surface area (Å²) in [5.41, 5.74) is 4.67. The van der Waals surface area contributed by atoms with Gasteiger partial charge in [-0.2, -0.15) is 0 Å². The minimum atomic E-state index is -0.975. The molecule has 2 heterocycles. The minimum absolute atomic E-state index is 0.226. The zero-order valence-corrected chi connectivity index (χ0v) is 16.8. The van der Waals surface area contributed by atoms with E-state index in [0.717, 1.165) is 23.3 Å². The van der Waals surface area contributed by atoms with E-state index in [1.807, 2.05) is 37.3 Å². The van der Waals surface area contributed by atoms with Crippen molar-refractivity contribution in [3.8, 4) is 22.8 Å². The number of aromatic carboxylic acids is 1. The molecule has 4 aromatic rings. The molecule has 0 fully saturated rings. The molecule has 0 saturated carbocycles. The van der Waals surface area contributed by atoms with Crippen molar-refractivity contribution in [1.82, 2.24) is 4.98 Å². The average molecular weight is 385 g/mol. The first-order valence-corrected chi connectivity index (χ1v) is 9.81. The van der Waals surface area contributed by atoms with E-state index in [9.17, 15) is 9.90 Å². The van der Waals surface area contributed by atoms with Crippen molar-refractivity contribution in [2.24, 2.45) is 0 Å². The van der Waals surface area contributed by atoms with Crippen molar-refractivity contribution in [3.05, 3.63) is 77.4 Å². The van der Waals surface area contributed by atoms with E-state index >= 15 is 0 Å². The highest BCUT2D eigenvalue weighted by Gasteiger charge is 2.16. The largest absolute Gasteiger partial charge is 0.478 e. The summed E-state index contributed by atoms with van der Waals surface area (Å²) in [7, 11) is 0. The van der Waals surface area contributed by atoms with Gasteiger partial charge < -0.3 is 9.52 Å². The van der Waals surface area contributed by atoms with Crippen LogP contribution in [0.25, 0.3) is 33.7 Å². The Morgan fingerprint density at radius 2 is 1.76 bits per heavy atom. The van der Waals surface area contributed by atoms with Crippen LogP contribution < -0.4 is 0 Å². The highest BCUT2D eigenvalue weighted by molar-refractivity contribution is 6.03. The van der Waals surface area contributed by atoms with E-state index in [-0.39, 0.29) is 5.56 Å². The topological polar surface area (TPSA) is 63.3 Å². The van der Waals surface area contributed by atoms with Gasteiger partial charge in [-0.15, -0.1) is 0 Å². The molecule has 1 atom stereocenters. The minimum Gasteiger partial charge on any atom is -0.478 e. The molecular formula is C25H23NO3. The smallest absolute Gasteiger partial charge is 0.336 e. The number of fused-ring (bicyclic) bond motifs is 1. The second-order valence-corrected chi connectivity index (χ2v) is 7.48. The Bertz CT molecular complexity index is 1190. The molecule has 146 valence electrons. The van der Waals surface area contributed by atoms with Gasteiger partial charge in [0.2, 0.25) is 0 Å². The van der Waals surface area contributed by atoms with E-state index in [0.29, 0.717) is 28.3 Å². The number of carboxylic acid groups (broad SMARTS) is 1. The lowest BCUT2D eigenvalue weighted by atomic mass is 9.97. The van der Waals surface area contributed by atoms with E-state index < -0.39 is 5.97 Å². The lowest BCUT2D eigenvalue weighted by Crippen LogP contribution is -2.00. The van der Waals surface area contributed by atoms with Crippen molar-refractivity contribution in [3.63, 3.8) is 0 Å². The van der Waals surface area contributed by atoms with Crippen LogP contribution in [0, 0.1) is 6.92 Å². The number of carboxylic acids is 1. The molecule has 2 aromatic carbocycles. The Morgan fingerprint density at radius 3 is 2.45 bits per heavy atom. The average Bonchev–Trinajstić information content (AvgIpc) is 3.22. The normalized spacial score (nSPS) is 12.2. The number of aryl methyl sites for hydroxylation is 1. The third kappa shape index (κ3) is 3.66. The summed E-state index contributed by atoms with van der Waals surface area (Å²) in [5.74, 6) is 0.835. The zero-order valence-electron chi connectivity index (χ0n) is 16.8. The Morgan fingerprint density at radius 1 is 1.03 bits per heavy atom. The van der Waals surface area contributed by atoms with Gasteiger partial charge in [0.1, 0.15) is 11.5 Å². The number of pyridine rings is 1. The van der Waals surface area contributed by atoms with Crippen LogP contribution in [-0.2, 0) is 0 Å². The van der Waals surface area contributed by atoms with Gasteiger partial charge in [0.15, 0.2) is 5.76 Å². The summed E-state index contributed by atoms with van der Waals surface area (Å²) in [5, 5.41) is 10.3. The third-order valence-electron chi connectivity index (χ3n) is 5.43. The predicted octanol–water partition coefficient (Wildman–Crippen LogP) is 6.68. The molecule has 0 aliphatic heterocycles. The van der Waals surface area contributed by atoms with Crippen molar-refractivity contribution in [1.29, 1.82) is 0 Å². The van der Waals surface area contributed by atoms with Crippen LogP contribution in [0.15, 0.2) is 65.1 Å². The Balaban J connectivity index is 1.73. The lowest BCUT2D eigenvalue weighted by molar-refractivity contribution is 0.0699. The van der Waals surface area contributed by atoms with Crippen LogP contribution in [0.2, 0.25) is 0 Å². The molecular weight excluding hydrogens is 362 g/mol. The SMILES string of the molecule is CC[C@@H](C)c1ccc(-c2ccc(-c3cc(C(=O)O)c4cc(C)ccc4n3)o2)cc1. The predicted molar refractivity (Wildman–Crippen MR) is 115 cm³/mol. The Kier molecular flexibility index (Phi) is 4.93. The molecule has 0 radical (unpaired) electrons. The summed E-state index contributed by atoms with van der Waals surface area (Å²) < 4.78 is 6.03. The molecule has 0 amide bonds. The van der Waals surface area contributed by atoms with Crippen molar-refractivity contribution in [2.45, 2.75) is 33.1 Å². The molecule has 0 unspecified atom stereocenters. The number of nitrogens with zero attached hydrogens (tertiary/aromatic N) is 1. The first-order valence-electron chi connectivity index (χ1n) is 9.81. The number of hydrogen-bond donors (Lipinski definition) is 1. The quantitative estimate of drug-likeness (QED) is 0.416. The summed E-state index contributed by atoms with van der Waals surface area (Å²) in [6, 6.07) is 19.3. The maximum atomic E-state index is 11.8. The van der Waals surface area contributed by atoms with Crippen LogP contribution in [0.3, 0.4) is 0 Å². The van der Waals surface area contributed by atoms with Gasteiger partial charge in [0, 0.05) is 10.9 Å². The first-order chi connectivity index (χ1) is 14.0. The summed E-state index contributed by atoms with van der Waals surface area (Å²) in [6.45, 7) is 6.33. The van der Waals surface area contributed by atoms with Crippen molar-refractivity contribution >= 4 is 16.9 Å². The van der Waals surface area contributed by atoms with Gasteiger partial charge in [0.05, 0.1) is 11.1 Å². The fraction of sp³-hybridized carbons (Fsp3) is 0.200. The fourth-order valence-electron chi connectivity index (χ4n) is 3.49. The van der Waals surface area contributed by atoms with E-state index in [1.165, 1.54) is 5.56 Å². The maximum absolute atomic E-state index is 11.8. The lowest BCUT2D eigenvalue weighted by Gasteiger charge is -2.09. The second kappa shape index (κ2) is 7.55. The molecule has 0 aliphatic rings. The molecule has 2 aromatic heterocycles. The van der Waals surface area contributed by atoms with Crippen LogP contribution in [-0.4, -0.2) is 16.1 Å². The first kappa shape index (κ1) is 18.9. The number of rotatable bonds is 5. The summed E-state index contributed by atoms with van der Waals surface area (Å²) >= 11 is 0. The number of aromatic nitrogens is 1. The van der Waals surface area contributed by atoms with E-state index in [2.05, 4.69) is 43.1 Å². The van der Waals surface area contributed by atoms with Gasteiger partial charge >= 0.3 is 5.97 Å². The summed E-state index contributed by atoms with van der Waals surface area (Å²) in [6.07, 6.45) is 1.10. The fourth-order valence-corrected chi connectivity index (χ4v) is 3.49. The number of benzene rings is 2. The van der Waals surface area contributed by atoms with Crippen LogP contribution in [0.4, 0.5) is 0 Å². The Labute approximate surface area is 169 Å². The van der Waals surface area contributed by atoms with Gasteiger partial charge in [-0.05, 0) is 55.2 Å². The van der Waals surface area contributed by atoms with E-state index in [4.69, 9.17) is 4.42 Å². The molecule has 1 N–H and O–H groups in total. The number of furan rings is 1. The molecule has 4 heteroatoms. The molecule has 0 aliphatic carbocycles. The highest BCUT2D eigenvalue weighted by atomic mass is 16.4. The molecule has 0 bridgehead atoms.